The van der Waals surface area contributed by atoms with E-state index in [2.05, 4.69) is 20.3 Å². The molecule has 2 aromatic heterocycles. The molecule has 5 rings (SSSR count). The van der Waals surface area contributed by atoms with Crippen molar-refractivity contribution < 1.29 is 22.7 Å². The monoisotopic (exact) mass is 456 g/mol. The second-order valence-corrected chi connectivity index (χ2v) is 7.93. The molecule has 0 radical (unpaired) electrons. The third kappa shape index (κ3) is 4.01. The van der Waals surface area contributed by atoms with Crippen LogP contribution in [0.25, 0.3) is 11.3 Å². The summed E-state index contributed by atoms with van der Waals surface area (Å²) < 4.78 is 47.3. The van der Waals surface area contributed by atoms with E-state index in [0.717, 1.165) is 23.5 Å². The van der Waals surface area contributed by atoms with Crippen molar-refractivity contribution in [2.75, 3.05) is 13.1 Å². The molecule has 2 amide bonds. The summed E-state index contributed by atoms with van der Waals surface area (Å²) in [7, 11) is 0. The number of aromatic nitrogens is 3. The van der Waals surface area contributed by atoms with Crippen LogP contribution >= 0.6 is 0 Å². The van der Waals surface area contributed by atoms with E-state index in [0.29, 0.717) is 17.7 Å². The van der Waals surface area contributed by atoms with Crippen molar-refractivity contribution in [3.63, 3.8) is 0 Å². The average molecular weight is 456 g/mol. The summed E-state index contributed by atoms with van der Waals surface area (Å²) >= 11 is 0. The van der Waals surface area contributed by atoms with Gasteiger partial charge in [-0.1, -0.05) is 0 Å². The number of ether oxygens (including phenoxy) is 1. The van der Waals surface area contributed by atoms with Gasteiger partial charge in [0.05, 0.1) is 37.2 Å². The Morgan fingerprint density at radius 3 is 2.58 bits per heavy atom. The smallest absolute Gasteiger partial charge is 0.341 e. The van der Waals surface area contributed by atoms with Crippen LogP contribution in [-0.2, 0) is 0 Å². The molecular formula is C22H19F3N6O2. The van der Waals surface area contributed by atoms with Gasteiger partial charge in [-0.2, -0.15) is 10.2 Å². The number of hydrazone groups is 1. The van der Waals surface area contributed by atoms with Crippen LogP contribution in [0.4, 0.5) is 18.0 Å². The number of rotatable bonds is 4. The lowest BCUT2D eigenvalue weighted by Crippen LogP contribution is -2.58. The highest BCUT2D eigenvalue weighted by Gasteiger charge is 2.39. The lowest BCUT2D eigenvalue weighted by Gasteiger charge is -2.41. The Hall–Kier alpha value is -3.89. The fraction of sp³-hybridized carbons (Fsp3) is 0.273. The number of hydrogen-bond acceptors (Lipinski definition) is 5. The molecule has 1 saturated heterocycles. The number of hydrogen-bond donors (Lipinski definition) is 1. The van der Waals surface area contributed by atoms with Crippen LogP contribution in [0.2, 0.25) is 0 Å². The highest BCUT2D eigenvalue weighted by atomic mass is 19.1. The van der Waals surface area contributed by atoms with E-state index in [-0.39, 0.29) is 18.8 Å². The van der Waals surface area contributed by atoms with Gasteiger partial charge in [-0.15, -0.1) is 0 Å². The minimum Gasteiger partial charge on any atom is -0.483 e. The minimum absolute atomic E-state index is 0.0324. The zero-order valence-corrected chi connectivity index (χ0v) is 17.5. The van der Waals surface area contributed by atoms with Crippen molar-refractivity contribution in [3.8, 4) is 17.0 Å². The molecule has 11 heteroatoms. The van der Waals surface area contributed by atoms with E-state index in [9.17, 15) is 18.0 Å². The Labute approximate surface area is 186 Å². The standard InChI is InChI=1S/C22H19F3N6O2/c1-12-17(8-27-29-12)19-7-21(18(25)9-26-19)33-16-10-30(11-16)22(32)31-20(2-3-28-31)13-4-14(23)6-15(24)5-13/h3-9,16,20H,2,10-11H2,1H3,(H,27,29). The molecule has 3 aromatic rings. The van der Waals surface area contributed by atoms with Crippen molar-refractivity contribution in [3.05, 3.63) is 65.4 Å². The maximum atomic E-state index is 14.3. The van der Waals surface area contributed by atoms with Gasteiger partial charge < -0.3 is 9.64 Å². The van der Waals surface area contributed by atoms with E-state index in [1.807, 2.05) is 6.92 Å². The molecule has 1 fully saturated rings. The van der Waals surface area contributed by atoms with Crippen LogP contribution in [0.3, 0.4) is 0 Å². The summed E-state index contributed by atoms with van der Waals surface area (Å²) in [5, 5.41) is 12.0. The van der Waals surface area contributed by atoms with Gasteiger partial charge >= 0.3 is 6.03 Å². The second-order valence-electron chi connectivity index (χ2n) is 7.93. The molecule has 0 aliphatic carbocycles. The summed E-state index contributed by atoms with van der Waals surface area (Å²) in [4.78, 5) is 18.5. The van der Waals surface area contributed by atoms with Gasteiger partial charge in [-0.3, -0.25) is 10.1 Å². The summed E-state index contributed by atoms with van der Waals surface area (Å²) in [5.41, 5.74) is 2.37. The Balaban J connectivity index is 1.24. The van der Waals surface area contributed by atoms with Crippen LogP contribution in [0, 0.1) is 24.4 Å². The first-order chi connectivity index (χ1) is 15.9. The lowest BCUT2D eigenvalue weighted by molar-refractivity contribution is 0.0256. The van der Waals surface area contributed by atoms with Gasteiger partial charge in [0, 0.05) is 36.0 Å². The van der Waals surface area contributed by atoms with Crippen LogP contribution in [-0.4, -0.2) is 56.5 Å². The number of carbonyl (C=O) groups excluding carboxylic acids is 1. The highest BCUT2D eigenvalue weighted by molar-refractivity contribution is 5.79. The molecule has 1 N–H and O–H groups in total. The molecule has 2 aliphatic heterocycles. The van der Waals surface area contributed by atoms with Crippen LogP contribution in [0.15, 0.2) is 41.8 Å². The number of urea groups is 1. The SMILES string of the molecule is Cc1[nH]ncc1-c1cc(OC2CN(C(=O)N3N=CCC3c3cc(F)cc(F)c3)C2)c(F)cn1. The molecule has 33 heavy (non-hydrogen) atoms. The number of nitrogens with zero attached hydrogens (tertiary/aromatic N) is 5. The molecule has 1 unspecified atom stereocenters. The molecule has 4 heterocycles. The molecular weight excluding hydrogens is 437 g/mol. The molecule has 2 aliphatic rings. The van der Waals surface area contributed by atoms with Gasteiger partial charge in [-0.05, 0) is 24.6 Å². The molecule has 170 valence electrons. The Kier molecular flexibility index (Phi) is 5.23. The minimum atomic E-state index is -0.717. The number of benzene rings is 1. The number of aryl methyl sites for hydroxylation is 1. The maximum Gasteiger partial charge on any atom is 0.341 e. The van der Waals surface area contributed by atoms with Crippen LogP contribution in [0.1, 0.15) is 23.7 Å². The topological polar surface area (TPSA) is 86.7 Å². The Morgan fingerprint density at radius 1 is 1.12 bits per heavy atom. The fourth-order valence-corrected chi connectivity index (χ4v) is 3.90. The third-order valence-electron chi connectivity index (χ3n) is 5.63. The number of pyridine rings is 1. The molecule has 0 spiro atoms. The van der Waals surface area contributed by atoms with Gasteiger partial charge in [0.2, 0.25) is 0 Å². The van der Waals surface area contributed by atoms with Crippen LogP contribution < -0.4 is 4.74 Å². The maximum absolute atomic E-state index is 14.3. The number of H-pyrrole nitrogens is 1. The highest BCUT2D eigenvalue weighted by Crippen LogP contribution is 2.32. The Bertz CT molecular complexity index is 1220. The van der Waals surface area contributed by atoms with E-state index >= 15 is 0 Å². The molecule has 0 bridgehead atoms. The number of amides is 2. The van der Waals surface area contributed by atoms with Gasteiger partial charge in [-0.25, -0.2) is 23.0 Å². The Morgan fingerprint density at radius 2 is 1.88 bits per heavy atom. The van der Waals surface area contributed by atoms with E-state index < -0.39 is 35.6 Å². The zero-order valence-electron chi connectivity index (χ0n) is 17.5. The van der Waals surface area contributed by atoms with Crippen molar-refractivity contribution in [2.24, 2.45) is 5.10 Å². The second kappa shape index (κ2) is 8.23. The predicted molar refractivity (Wildman–Crippen MR) is 112 cm³/mol. The summed E-state index contributed by atoms with van der Waals surface area (Å²) in [6.07, 6.45) is 4.15. The molecule has 8 nitrogen and oxygen atoms in total. The van der Waals surface area contributed by atoms with E-state index in [1.165, 1.54) is 34.3 Å². The normalized spacial score (nSPS) is 18.0. The molecule has 0 saturated carbocycles. The number of aromatic amines is 1. The number of nitrogens with one attached hydrogen (secondary N) is 1. The zero-order chi connectivity index (χ0) is 23.1. The first-order valence-electron chi connectivity index (χ1n) is 10.3. The fourth-order valence-electron chi connectivity index (χ4n) is 3.90. The van der Waals surface area contributed by atoms with Crippen molar-refractivity contribution in [1.29, 1.82) is 0 Å². The average Bonchev–Trinajstić information content (AvgIpc) is 3.39. The number of halogens is 3. The number of carbonyl (C=O) groups is 1. The van der Waals surface area contributed by atoms with E-state index in [1.54, 1.807) is 6.20 Å². The molecule has 1 aromatic carbocycles. The first-order valence-corrected chi connectivity index (χ1v) is 10.3. The van der Waals surface area contributed by atoms with Gasteiger partial charge in [0.25, 0.3) is 0 Å². The van der Waals surface area contributed by atoms with Gasteiger partial charge in [0.1, 0.15) is 17.7 Å². The third-order valence-corrected chi connectivity index (χ3v) is 5.63. The largest absolute Gasteiger partial charge is 0.483 e. The number of likely N-dealkylation sites (tertiary alicyclic amines) is 1. The first kappa shape index (κ1) is 21.0. The van der Waals surface area contributed by atoms with Crippen molar-refractivity contribution >= 4 is 12.2 Å². The van der Waals surface area contributed by atoms with Crippen LogP contribution in [0.5, 0.6) is 5.75 Å². The van der Waals surface area contributed by atoms with Crippen molar-refractivity contribution in [2.45, 2.75) is 25.5 Å². The predicted octanol–water partition coefficient (Wildman–Crippen LogP) is 3.81. The summed E-state index contributed by atoms with van der Waals surface area (Å²) in [6.45, 7) is 2.27. The molecule has 1 atom stereocenters. The van der Waals surface area contributed by atoms with E-state index in [4.69, 9.17) is 4.74 Å². The van der Waals surface area contributed by atoms with Crippen molar-refractivity contribution in [1.82, 2.24) is 25.1 Å². The van der Waals surface area contributed by atoms with Gasteiger partial charge in [0.15, 0.2) is 11.6 Å². The summed E-state index contributed by atoms with van der Waals surface area (Å²) in [6, 6.07) is 3.65. The lowest BCUT2D eigenvalue weighted by atomic mass is 10.0. The summed E-state index contributed by atoms with van der Waals surface area (Å²) in [5.74, 6) is -2.01. The quantitative estimate of drug-likeness (QED) is 0.647.